The summed E-state index contributed by atoms with van der Waals surface area (Å²) in [5, 5.41) is 2.24. The molecule has 3 aliphatic heterocycles. The highest BCUT2D eigenvalue weighted by Gasteiger charge is 2.52. The number of nitrogens with one attached hydrogen (secondary N) is 1. The first kappa shape index (κ1) is 19.1. The SMILES string of the molecule is CC1(C)OB(c2cc(F)c3c(c2)CN(C2CCC(=O)NC2=O)C3=O)OC1(C)C. The minimum absolute atomic E-state index is 0.0371. The van der Waals surface area contributed by atoms with Gasteiger partial charge in [0.15, 0.2) is 0 Å². The van der Waals surface area contributed by atoms with Gasteiger partial charge in [-0.1, -0.05) is 6.07 Å². The minimum atomic E-state index is -0.780. The maximum atomic E-state index is 14.8. The Morgan fingerprint density at radius 1 is 1.14 bits per heavy atom. The topological polar surface area (TPSA) is 84.9 Å². The summed E-state index contributed by atoms with van der Waals surface area (Å²) in [6.45, 7) is 7.73. The molecule has 0 spiro atoms. The fourth-order valence-electron chi connectivity index (χ4n) is 3.80. The van der Waals surface area contributed by atoms with Crippen LogP contribution in [-0.2, 0) is 25.4 Å². The fourth-order valence-corrected chi connectivity index (χ4v) is 3.80. The molecule has 3 amide bonds. The first-order chi connectivity index (χ1) is 13.0. The lowest BCUT2D eigenvalue weighted by molar-refractivity contribution is -0.136. The van der Waals surface area contributed by atoms with E-state index in [9.17, 15) is 18.8 Å². The molecule has 1 N–H and O–H groups in total. The van der Waals surface area contributed by atoms with Gasteiger partial charge in [0.25, 0.3) is 5.91 Å². The van der Waals surface area contributed by atoms with Crippen LogP contribution in [0.4, 0.5) is 4.39 Å². The van der Waals surface area contributed by atoms with Gasteiger partial charge < -0.3 is 14.2 Å². The summed E-state index contributed by atoms with van der Waals surface area (Å²) in [4.78, 5) is 37.6. The van der Waals surface area contributed by atoms with E-state index >= 15 is 0 Å². The van der Waals surface area contributed by atoms with Crippen LogP contribution in [0.1, 0.15) is 56.5 Å². The molecule has 7 nitrogen and oxygen atoms in total. The highest BCUT2D eigenvalue weighted by atomic mass is 19.1. The van der Waals surface area contributed by atoms with Crippen molar-refractivity contribution in [2.24, 2.45) is 0 Å². The molecule has 1 aromatic carbocycles. The van der Waals surface area contributed by atoms with Crippen molar-refractivity contribution in [2.45, 2.75) is 64.3 Å². The molecule has 1 unspecified atom stereocenters. The van der Waals surface area contributed by atoms with Gasteiger partial charge in [0.2, 0.25) is 11.8 Å². The first-order valence-electron chi connectivity index (χ1n) is 9.33. The van der Waals surface area contributed by atoms with E-state index < -0.39 is 42.0 Å². The molecule has 9 heteroatoms. The first-order valence-corrected chi connectivity index (χ1v) is 9.33. The number of amides is 3. The standard InChI is InChI=1S/C19H22BFN2O5/c1-18(2)19(3,4)28-20(27-18)11-7-10-9-23(17(26)15(10)12(21)8-11)13-5-6-14(24)22-16(13)25/h7-8,13H,5-6,9H2,1-4H3,(H,22,24,25). The Bertz CT molecular complexity index is 885. The van der Waals surface area contributed by atoms with Crippen molar-refractivity contribution in [2.75, 3.05) is 0 Å². The van der Waals surface area contributed by atoms with Crippen molar-refractivity contribution >= 4 is 30.3 Å². The smallest absolute Gasteiger partial charge is 0.399 e. The molecule has 0 radical (unpaired) electrons. The van der Waals surface area contributed by atoms with E-state index in [1.54, 1.807) is 6.07 Å². The summed E-state index contributed by atoms with van der Waals surface area (Å²) < 4.78 is 26.8. The Labute approximate surface area is 162 Å². The lowest BCUT2D eigenvalue weighted by atomic mass is 9.77. The summed E-state index contributed by atoms with van der Waals surface area (Å²) in [6.07, 6.45) is 0.383. The van der Waals surface area contributed by atoms with E-state index in [0.29, 0.717) is 11.0 Å². The Hall–Kier alpha value is -2.26. The zero-order chi connectivity index (χ0) is 20.4. The van der Waals surface area contributed by atoms with Gasteiger partial charge in [-0.15, -0.1) is 0 Å². The summed E-state index contributed by atoms with van der Waals surface area (Å²) in [5.74, 6) is -2.09. The third-order valence-electron chi connectivity index (χ3n) is 6.12. The highest BCUT2D eigenvalue weighted by Crippen LogP contribution is 2.37. The number of halogens is 1. The van der Waals surface area contributed by atoms with Crippen LogP contribution in [0.15, 0.2) is 12.1 Å². The summed E-state index contributed by atoms with van der Waals surface area (Å²) in [6, 6.07) is 2.18. The Morgan fingerprint density at radius 2 is 1.79 bits per heavy atom. The lowest BCUT2D eigenvalue weighted by Crippen LogP contribution is -2.52. The number of benzene rings is 1. The van der Waals surface area contributed by atoms with Crippen LogP contribution in [0.3, 0.4) is 0 Å². The predicted molar refractivity (Wildman–Crippen MR) is 98.2 cm³/mol. The molecule has 0 aliphatic carbocycles. The van der Waals surface area contributed by atoms with Gasteiger partial charge in [-0.25, -0.2) is 4.39 Å². The molecule has 0 aromatic heterocycles. The molecule has 148 valence electrons. The quantitative estimate of drug-likeness (QED) is 0.601. The van der Waals surface area contributed by atoms with Crippen LogP contribution in [0.5, 0.6) is 0 Å². The highest BCUT2D eigenvalue weighted by molar-refractivity contribution is 6.62. The van der Waals surface area contributed by atoms with E-state index in [1.165, 1.54) is 11.0 Å². The van der Waals surface area contributed by atoms with Crippen molar-refractivity contribution < 1.29 is 28.1 Å². The number of piperidine rings is 1. The van der Waals surface area contributed by atoms with Gasteiger partial charge in [-0.05, 0) is 51.2 Å². The second kappa shape index (κ2) is 6.12. The molecule has 0 bridgehead atoms. The third kappa shape index (κ3) is 2.84. The number of imide groups is 1. The Balaban J connectivity index is 1.62. The molecular weight excluding hydrogens is 366 g/mol. The Morgan fingerprint density at radius 3 is 2.39 bits per heavy atom. The largest absolute Gasteiger partial charge is 0.494 e. The van der Waals surface area contributed by atoms with E-state index in [1.807, 2.05) is 27.7 Å². The minimum Gasteiger partial charge on any atom is -0.399 e. The average Bonchev–Trinajstić information content (AvgIpc) is 3.01. The number of carbonyl (C=O) groups excluding carboxylic acids is 3. The fraction of sp³-hybridized carbons (Fsp3) is 0.526. The zero-order valence-electron chi connectivity index (χ0n) is 16.3. The summed E-state index contributed by atoms with van der Waals surface area (Å²) in [5.41, 5.74) is -0.194. The molecule has 1 aromatic rings. The molecule has 2 saturated heterocycles. The molecule has 4 rings (SSSR count). The van der Waals surface area contributed by atoms with E-state index in [2.05, 4.69) is 5.32 Å². The van der Waals surface area contributed by atoms with Gasteiger partial charge in [-0.2, -0.15) is 0 Å². The molecular formula is C19H22BFN2O5. The normalized spacial score (nSPS) is 25.9. The van der Waals surface area contributed by atoms with Crippen molar-refractivity contribution in [1.82, 2.24) is 10.2 Å². The molecule has 28 heavy (non-hydrogen) atoms. The van der Waals surface area contributed by atoms with Gasteiger partial charge in [-0.3, -0.25) is 19.7 Å². The second-order valence-corrected chi connectivity index (χ2v) is 8.53. The molecule has 1 atom stereocenters. The van der Waals surface area contributed by atoms with Crippen LogP contribution in [0, 0.1) is 5.82 Å². The predicted octanol–water partition coefficient (Wildman–Crippen LogP) is 0.886. The number of hydrogen-bond donors (Lipinski definition) is 1. The Kier molecular flexibility index (Phi) is 4.17. The third-order valence-corrected chi connectivity index (χ3v) is 6.12. The zero-order valence-corrected chi connectivity index (χ0v) is 16.3. The number of fused-ring (bicyclic) bond motifs is 1. The average molecular weight is 388 g/mol. The van der Waals surface area contributed by atoms with Gasteiger partial charge in [0, 0.05) is 13.0 Å². The summed E-state index contributed by atoms with van der Waals surface area (Å²) in [7, 11) is -0.746. The van der Waals surface area contributed by atoms with Crippen molar-refractivity contribution in [3.05, 3.63) is 29.1 Å². The van der Waals surface area contributed by atoms with Gasteiger partial charge >= 0.3 is 7.12 Å². The van der Waals surface area contributed by atoms with Crippen LogP contribution in [-0.4, -0.2) is 47.0 Å². The lowest BCUT2D eigenvalue weighted by Gasteiger charge is -2.32. The van der Waals surface area contributed by atoms with Crippen LogP contribution >= 0.6 is 0 Å². The van der Waals surface area contributed by atoms with Gasteiger partial charge in [0.05, 0.1) is 16.8 Å². The van der Waals surface area contributed by atoms with Crippen LogP contribution in [0.25, 0.3) is 0 Å². The van der Waals surface area contributed by atoms with E-state index in [4.69, 9.17) is 9.31 Å². The summed E-state index contributed by atoms with van der Waals surface area (Å²) >= 11 is 0. The molecule has 2 fully saturated rings. The molecule has 3 aliphatic rings. The van der Waals surface area contributed by atoms with Gasteiger partial charge in [0.1, 0.15) is 11.9 Å². The maximum Gasteiger partial charge on any atom is 0.494 e. The van der Waals surface area contributed by atoms with Crippen molar-refractivity contribution in [1.29, 1.82) is 0 Å². The van der Waals surface area contributed by atoms with E-state index in [0.717, 1.165) is 0 Å². The van der Waals surface area contributed by atoms with Crippen molar-refractivity contribution in [3.8, 4) is 0 Å². The number of rotatable bonds is 2. The van der Waals surface area contributed by atoms with Crippen LogP contribution in [0.2, 0.25) is 0 Å². The second-order valence-electron chi connectivity index (χ2n) is 8.53. The molecule has 3 heterocycles. The maximum absolute atomic E-state index is 14.8. The number of nitrogens with zero attached hydrogens (tertiary/aromatic N) is 1. The molecule has 0 saturated carbocycles. The van der Waals surface area contributed by atoms with Crippen LogP contribution < -0.4 is 10.8 Å². The number of hydrogen-bond acceptors (Lipinski definition) is 5. The monoisotopic (exact) mass is 388 g/mol. The van der Waals surface area contributed by atoms with E-state index in [-0.39, 0.29) is 30.9 Å². The van der Waals surface area contributed by atoms with Crippen molar-refractivity contribution in [3.63, 3.8) is 0 Å². The number of carbonyl (C=O) groups is 3.